The number of benzene rings is 2. The number of thioether (sulfide) groups is 1. The van der Waals surface area contributed by atoms with E-state index in [1.165, 1.54) is 27.2 Å². The summed E-state index contributed by atoms with van der Waals surface area (Å²) >= 11 is 7.64. The molecule has 0 saturated carbocycles. The number of fused-ring (bicyclic) bond motifs is 4. The quantitative estimate of drug-likeness (QED) is 0.706. The number of nitrogens with zero attached hydrogens (tertiary/aromatic N) is 1. The maximum Gasteiger partial charge on any atom is 0.405 e. The molecule has 2 saturated heterocycles. The molecule has 2 heterocycles. The highest BCUT2D eigenvalue weighted by atomic mass is 35.5. The zero-order valence-electron chi connectivity index (χ0n) is 16.6. The molecule has 6 nitrogen and oxygen atoms in total. The number of nitrogens with two attached hydrogens (primary N) is 1. The van der Waals surface area contributed by atoms with E-state index in [0.29, 0.717) is 19.3 Å². The minimum absolute atomic E-state index is 0.123. The molecule has 1 aliphatic carbocycles. The van der Waals surface area contributed by atoms with Crippen molar-refractivity contribution in [1.82, 2.24) is 4.90 Å². The van der Waals surface area contributed by atoms with E-state index >= 15 is 0 Å². The van der Waals surface area contributed by atoms with E-state index in [2.05, 4.69) is 24.3 Å². The number of primary amides is 1. The van der Waals surface area contributed by atoms with Gasteiger partial charge in [0.2, 0.25) is 5.24 Å². The summed E-state index contributed by atoms with van der Waals surface area (Å²) in [6.07, 6.45) is -0.263. The van der Waals surface area contributed by atoms with E-state index in [9.17, 15) is 14.4 Å². The Morgan fingerprint density at radius 1 is 1.06 bits per heavy atom. The van der Waals surface area contributed by atoms with Crippen molar-refractivity contribution < 1.29 is 19.1 Å². The van der Waals surface area contributed by atoms with Gasteiger partial charge in [-0.25, -0.2) is 4.79 Å². The van der Waals surface area contributed by atoms with Crippen molar-refractivity contribution >= 4 is 40.6 Å². The van der Waals surface area contributed by atoms with Crippen LogP contribution in [0.15, 0.2) is 48.5 Å². The summed E-state index contributed by atoms with van der Waals surface area (Å²) in [7, 11) is 0. The summed E-state index contributed by atoms with van der Waals surface area (Å²) in [4.78, 5) is 38.2. The lowest BCUT2D eigenvalue weighted by atomic mass is 9.89. The lowest BCUT2D eigenvalue weighted by Gasteiger charge is -2.35. The molecule has 0 spiro atoms. The fourth-order valence-corrected chi connectivity index (χ4v) is 7.29. The van der Waals surface area contributed by atoms with Crippen LogP contribution in [0.3, 0.4) is 0 Å². The maximum absolute atomic E-state index is 13.0. The second-order valence-electron chi connectivity index (χ2n) is 8.09. The highest BCUT2D eigenvalue weighted by Gasteiger charge is 2.53. The number of amides is 2. The largest absolute Gasteiger partial charge is 0.436 e. The Morgan fingerprint density at radius 3 is 2.26 bits per heavy atom. The van der Waals surface area contributed by atoms with Crippen molar-refractivity contribution in [2.24, 2.45) is 5.73 Å². The van der Waals surface area contributed by atoms with Gasteiger partial charge in [0.25, 0.3) is 5.91 Å². The second-order valence-corrected chi connectivity index (χ2v) is 9.88. The van der Waals surface area contributed by atoms with Crippen molar-refractivity contribution in [3.05, 3.63) is 59.7 Å². The number of hydrogen-bond acceptors (Lipinski definition) is 5. The Kier molecular flexibility index (Phi) is 5.18. The molecule has 2 aliphatic heterocycles. The molecule has 5 rings (SSSR count). The molecule has 8 heteroatoms. The Morgan fingerprint density at radius 2 is 1.68 bits per heavy atom. The van der Waals surface area contributed by atoms with Crippen molar-refractivity contribution in [2.45, 2.75) is 47.9 Å². The van der Waals surface area contributed by atoms with Crippen LogP contribution < -0.4 is 5.73 Å². The van der Waals surface area contributed by atoms with E-state index in [-0.39, 0.29) is 16.5 Å². The van der Waals surface area contributed by atoms with Crippen molar-refractivity contribution in [2.75, 3.05) is 0 Å². The molecule has 0 aromatic heterocycles. The van der Waals surface area contributed by atoms with Gasteiger partial charge in [-0.3, -0.25) is 9.59 Å². The first-order chi connectivity index (χ1) is 15.0. The Bertz CT molecular complexity index is 1030. The number of carbonyl (C=O) groups is 3. The molecule has 2 aromatic rings. The van der Waals surface area contributed by atoms with Crippen LogP contribution in [0.5, 0.6) is 0 Å². The standard InChI is InChI=1S/C23H21ClN2O4S/c24-21(27)20-18(31-19-10-9-17(30-23(25)29)22(28)26(19)20)11-16-14-7-3-1-5-12(14)13-6-2-4-8-15(13)16/h1-8,16-20H,9-11H2,(H2,25,29)/t17-,18?,19-,20-/m0/s1. The number of halogens is 1. The van der Waals surface area contributed by atoms with Gasteiger partial charge in [0.05, 0.1) is 5.37 Å². The first-order valence-corrected chi connectivity index (χ1v) is 11.6. The molecule has 2 aromatic carbocycles. The second kappa shape index (κ2) is 7.88. The van der Waals surface area contributed by atoms with Gasteiger partial charge in [-0.15, -0.1) is 11.8 Å². The predicted molar refractivity (Wildman–Crippen MR) is 119 cm³/mol. The minimum atomic E-state index is -0.992. The van der Waals surface area contributed by atoms with E-state index in [4.69, 9.17) is 22.1 Å². The Labute approximate surface area is 189 Å². The van der Waals surface area contributed by atoms with Crippen LogP contribution in [0, 0.1) is 0 Å². The van der Waals surface area contributed by atoms with Gasteiger partial charge in [0.15, 0.2) is 6.10 Å². The summed E-state index contributed by atoms with van der Waals surface area (Å²) in [5.74, 6) is -0.270. The highest BCUT2D eigenvalue weighted by molar-refractivity contribution is 8.00. The number of ether oxygens (including phenoxy) is 1. The van der Waals surface area contributed by atoms with Gasteiger partial charge in [0.1, 0.15) is 6.04 Å². The van der Waals surface area contributed by atoms with Gasteiger partial charge in [-0.1, -0.05) is 48.5 Å². The molecule has 0 bridgehead atoms. The van der Waals surface area contributed by atoms with E-state index in [1.807, 2.05) is 24.3 Å². The van der Waals surface area contributed by atoms with Gasteiger partial charge in [-0.05, 0) is 53.1 Å². The van der Waals surface area contributed by atoms with Crippen molar-refractivity contribution in [3.8, 4) is 11.1 Å². The molecule has 2 amide bonds. The smallest absolute Gasteiger partial charge is 0.405 e. The topological polar surface area (TPSA) is 89.7 Å². The summed E-state index contributed by atoms with van der Waals surface area (Å²) < 4.78 is 4.99. The van der Waals surface area contributed by atoms with Gasteiger partial charge < -0.3 is 15.4 Å². The minimum Gasteiger partial charge on any atom is -0.436 e. The van der Waals surface area contributed by atoms with Crippen LogP contribution in [0.4, 0.5) is 4.79 Å². The number of rotatable bonds is 4. The van der Waals surface area contributed by atoms with Crippen LogP contribution >= 0.6 is 23.4 Å². The highest BCUT2D eigenvalue weighted by Crippen LogP contribution is 2.51. The third kappa shape index (κ3) is 3.40. The third-order valence-corrected chi connectivity index (χ3v) is 8.22. The number of carbonyl (C=O) groups excluding carboxylic acids is 3. The molecule has 160 valence electrons. The van der Waals surface area contributed by atoms with Crippen molar-refractivity contribution in [1.29, 1.82) is 0 Å². The van der Waals surface area contributed by atoms with E-state index in [0.717, 1.165) is 0 Å². The summed E-state index contributed by atoms with van der Waals surface area (Å²) in [6, 6.07) is 15.9. The monoisotopic (exact) mass is 456 g/mol. The van der Waals surface area contributed by atoms with E-state index < -0.39 is 29.4 Å². The SMILES string of the molecule is NC(=O)O[C@H]1CC[C@@H]2SC(CC3c4ccccc4-c4ccccc43)[C@@H](C(=O)Cl)N2C1=O. The normalized spacial score (nSPS) is 26.9. The predicted octanol–water partition coefficient (Wildman–Crippen LogP) is 3.85. The molecular weight excluding hydrogens is 436 g/mol. The first-order valence-electron chi connectivity index (χ1n) is 10.3. The number of piperidine rings is 1. The molecule has 1 unspecified atom stereocenters. The van der Waals surface area contributed by atoms with Crippen LogP contribution in [0.25, 0.3) is 11.1 Å². The zero-order valence-corrected chi connectivity index (χ0v) is 18.1. The van der Waals surface area contributed by atoms with Crippen LogP contribution in [0.1, 0.15) is 36.3 Å². The molecule has 3 aliphatic rings. The molecule has 2 N–H and O–H groups in total. The van der Waals surface area contributed by atoms with Crippen LogP contribution in [0.2, 0.25) is 0 Å². The zero-order chi connectivity index (χ0) is 21.7. The fourth-order valence-electron chi connectivity index (χ4n) is 5.21. The maximum atomic E-state index is 13.0. The molecule has 4 atom stereocenters. The molecule has 31 heavy (non-hydrogen) atoms. The number of hydrogen-bond donors (Lipinski definition) is 1. The molecular formula is C23H21ClN2O4S. The fraction of sp³-hybridized carbons (Fsp3) is 0.348. The van der Waals surface area contributed by atoms with Crippen LogP contribution in [-0.2, 0) is 14.3 Å². The van der Waals surface area contributed by atoms with Crippen LogP contribution in [-0.4, -0.2) is 44.9 Å². The molecule has 2 fully saturated rings. The summed E-state index contributed by atoms with van der Waals surface area (Å²) in [5, 5.41) is -0.882. The van der Waals surface area contributed by atoms with Crippen molar-refractivity contribution in [3.63, 3.8) is 0 Å². The Hall–Kier alpha value is -2.51. The molecule has 0 radical (unpaired) electrons. The average Bonchev–Trinajstić information content (AvgIpc) is 3.27. The summed E-state index contributed by atoms with van der Waals surface area (Å²) in [6.45, 7) is 0. The van der Waals surface area contributed by atoms with Gasteiger partial charge in [0, 0.05) is 11.2 Å². The lowest BCUT2D eigenvalue weighted by molar-refractivity contribution is -0.149. The Balaban J connectivity index is 1.46. The third-order valence-electron chi connectivity index (χ3n) is 6.42. The van der Waals surface area contributed by atoms with Gasteiger partial charge in [-0.2, -0.15) is 0 Å². The first kappa shape index (κ1) is 20.4. The average molecular weight is 457 g/mol. The lowest BCUT2D eigenvalue weighted by Crippen LogP contribution is -2.54. The van der Waals surface area contributed by atoms with Gasteiger partial charge >= 0.3 is 6.09 Å². The van der Waals surface area contributed by atoms with E-state index in [1.54, 1.807) is 11.8 Å². The summed E-state index contributed by atoms with van der Waals surface area (Å²) in [5.41, 5.74) is 10.0.